The molecule has 0 saturated heterocycles. The van der Waals surface area contributed by atoms with Gasteiger partial charge in [-0.3, -0.25) is 0 Å². The Bertz CT molecular complexity index is 513. The molecule has 0 amide bonds. The number of rotatable bonds is 1. The molecule has 1 aromatic carbocycles. The average Bonchev–Trinajstić information content (AvgIpc) is 2.61. The highest BCUT2D eigenvalue weighted by Gasteiger charge is 2.12. The first-order valence-corrected chi connectivity index (χ1v) is 6.94. The molecule has 1 aromatic heterocycles. The quantitative estimate of drug-likeness (QED) is 0.756. The van der Waals surface area contributed by atoms with Crippen LogP contribution in [0.25, 0.3) is 11.3 Å². The van der Waals surface area contributed by atoms with E-state index in [1.54, 1.807) is 0 Å². The van der Waals surface area contributed by atoms with E-state index in [-0.39, 0.29) is 12.4 Å². The van der Waals surface area contributed by atoms with Crippen LogP contribution in [0, 0.1) is 0 Å². The highest BCUT2D eigenvalue weighted by Crippen LogP contribution is 2.24. The van der Waals surface area contributed by atoms with Gasteiger partial charge in [-0.25, -0.2) is 4.98 Å². The Labute approximate surface area is 122 Å². The summed E-state index contributed by atoms with van der Waals surface area (Å²) in [5, 5.41) is 0. The van der Waals surface area contributed by atoms with Crippen LogP contribution in [0.5, 0.6) is 0 Å². The minimum absolute atomic E-state index is 0. The summed E-state index contributed by atoms with van der Waals surface area (Å²) in [6, 6.07) is 8.35. The molecule has 0 saturated carbocycles. The summed E-state index contributed by atoms with van der Waals surface area (Å²) >= 11 is 3.51. The lowest BCUT2D eigenvalue weighted by Gasteiger charge is -1.99. The Morgan fingerprint density at radius 2 is 2.06 bits per heavy atom. The van der Waals surface area contributed by atoms with E-state index in [9.17, 15) is 0 Å². The third-order valence-electron chi connectivity index (χ3n) is 3.28. The van der Waals surface area contributed by atoms with Gasteiger partial charge in [-0.15, -0.1) is 12.4 Å². The van der Waals surface area contributed by atoms with Gasteiger partial charge < -0.3 is 4.57 Å². The first kappa shape index (κ1) is 13.6. The van der Waals surface area contributed by atoms with E-state index in [1.807, 2.05) is 6.07 Å². The Kier molecular flexibility index (Phi) is 4.46. The molecule has 2 heterocycles. The maximum atomic E-state index is 4.76. The number of hydrogen-bond donors (Lipinski definition) is 0. The molecule has 0 spiro atoms. The lowest BCUT2D eigenvalue weighted by molar-refractivity contribution is 0.635. The molecule has 18 heavy (non-hydrogen) atoms. The van der Waals surface area contributed by atoms with Gasteiger partial charge in [-0.2, -0.15) is 0 Å². The highest BCUT2D eigenvalue weighted by atomic mass is 79.9. The monoisotopic (exact) mass is 326 g/mol. The molecule has 1 aliphatic heterocycles. The maximum absolute atomic E-state index is 4.76. The fourth-order valence-electron chi connectivity index (χ4n) is 2.38. The molecule has 0 N–H and O–H groups in total. The van der Waals surface area contributed by atoms with Crippen LogP contribution in [0.2, 0.25) is 0 Å². The van der Waals surface area contributed by atoms with E-state index in [4.69, 9.17) is 4.98 Å². The van der Waals surface area contributed by atoms with Crippen LogP contribution in [0.1, 0.15) is 25.1 Å². The molecule has 2 aromatic rings. The number of nitrogens with zero attached hydrogens (tertiary/aromatic N) is 2. The van der Waals surface area contributed by atoms with Crippen LogP contribution in [-0.4, -0.2) is 9.55 Å². The van der Waals surface area contributed by atoms with Crippen molar-refractivity contribution in [3.8, 4) is 11.3 Å². The second-order valence-corrected chi connectivity index (χ2v) is 5.47. The second-order valence-electron chi connectivity index (χ2n) is 4.56. The highest BCUT2D eigenvalue weighted by molar-refractivity contribution is 9.10. The molecule has 96 valence electrons. The van der Waals surface area contributed by atoms with Crippen LogP contribution in [0.15, 0.2) is 34.9 Å². The molecule has 0 aliphatic carbocycles. The van der Waals surface area contributed by atoms with Gasteiger partial charge in [0.15, 0.2) is 0 Å². The zero-order valence-electron chi connectivity index (χ0n) is 10.1. The zero-order chi connectivity index (χ0) is 11.7. The summed E-state index contributed by atoms with van der Waals surface area (Å²) in [7, 11) is 0. The summed E-state index contributed by atoms with van der Waals surface area (Å²) in [5.74, 6) is 1.25. The molecule has 2 nitrogen and oxygen atoms in total. The Morgan fingerprint density at radius 1 is 1.17 bits per heavy atom. The minimum atomic E-state index is 0. The lowest BCUT2D eigenvalue weighted by Crippen LogP contribution is -1.98. The Hall–Kier alpha value is -0.800. The van der Waals surface area contributed by atoms with Gasteiger partial charge in [-0.05, 0) is 25.0 Å². The molecule has 0 unspecified atom stereocenters. The van der Waals surface area contributed by atoms with Gasteiger partial charge in [-0.1, -0.05) is 34.5 Å². The van der Waals surface area contributed by atoms with Gasteiger partial charge >= 0.3 is 0 Å². The van der Waals surface area contributed by atoms with Gasteiger partial charge in [0.25, 0.3) is 0 Å². The number of hydrogen-bond acceptors (Lipinski definition) is 1. The van der Waals surface area contributed by atoms with E-state index in [0.717, 1.165) is 23.1 Å². The van der Waals surface area contributed by atoms with E-state index in [0.29, 0.717) is 0 Å². The van der Waals surface area contributed by atoms with Gasteiger partial charge in [0.2, 0.25) is 0 Å². The predicted molar refractivity (Wildman–Crippen MR) is 80.2 cm³/mol. The fourth-order valence-corrected chi connectivity index (χ4v) is 2.78. The Balaban J connectivity index is 0.00000120. The molecule has 0 radical (unpaired) electrons. The van der Waals surface area contributed by atoms with E-state index in [2.05, 4.69) is 44.9 Å². The Morgan fingerprint density at radius 3 is 2.89 bits per heavy atom. The summed E-state index contributed by atoms with van der Waals surface area (Å²) in [5.41, 5.74) is 2.29. The molecule has 0 bridgehead atoms. The first-order valence-electron chi connectivity index (χ1n) is 6.15. The van der Waals surface area contributed by atoms with Crippen molar-refractivity contribution in [2.75, 3.05) is 0 Å². The minimum Gasteiger partial charge on any atom is -0.334 e. The lowest BCUT2D eigenvalue weighted by atomic mass is 10.2. The van der Waals surface area contributed by atoms with Gasteiger partial charge in [0.05, 0.1) is 5.69 Å². The standard InChI is InChI=1S/C14H15BrN2.ClH/c15-12-6-4-5-11(9-12)13-10-17-8-3-1-2-7-14(17)16-13;/h4-6,9-10H,1-3,7-8H2;1H. The van der Waals surface area contributed by atoms with Crippen molar-refractivity contribution in [2.45, 2.75) is 32.2 Å². The third kappa shape index (κ3) is 2.78. The zero-order valence-corrected chi connectivity index (χ0v) is 12.5. The average molecular weight is 328 g/mol. The van der Waals surface area contributed by atoms with E-state index >= 15 is 0 Å². The van der Waals surface area contributed by atoms with E-state index in [1.165, 1.54) is 30.7 Å². The summed E-state index contributed by atoms with van der Waals surface area (Å²) in [6.07, 6.45) is 7.20. The van der Waals surface area contributed by atoms with Gasteiger partial charge in [0, 0.05) is 29.2 Å². The number of aromatic nitrogens is 2. The molecule has 4 heteroatoms. The van der Waals surface area contributed by atoms with Crippen molar-refractivity contribution in [3.05, 3.63) is 40.8 Å². The van der Waals surface area contributed by atoms with Crippen molar-refractivity contribution in [1.82, 2.24) is 9.55 Å². The topological polar surface area (TPSA) is 17.8 Å². The molecule has 0 fully saturated rings. The van der Waals surface area contributed by atoms with Crippen molar-refractivity contribution < 1.29 is 0 Å². The number of halogens is 2. The number of fused-ring (bicyclic) bond motifs is 1. The predicted octanol–water partition coefficient (Wildman–Crippen LogP) is 4.46. The van der Waals surface area contributed by atoms with Crippen molar-refractivity contribution in [1.29, 1.82) is 0 Å². The normalized spacial score (nSPS) is 14.5. The van der Waals surface area contributed by atoms with Crippen molar-refractivity contribution in [2.24, 2.45) is 0 Å². The third-order valence-corrected chi connectivity index (χ3v) is 3.77. The summed E-state index contributed by atoms with van der Waals surface area (Å²) in [6.45, 7) is 1.12. The van der Waals surface area contributed by atoms with Crippen LogP contribution < -0.4 is 0 Å². The molecular weight excluding hydrogens is 312 g/mol. The molecular formula is C14H16BrClN2. The summed E-state index contributed by atoms with van der Waals surface area (Å²) in [4.78, 5) is 4.76. The van der Waals surface area contributed by atoms with Crippen LogP contribution in [0.4, 0.5) is 0 Å². The van der Waals surface area contributed by atoms with Crippen molar-refractivity contribution in [3.63, 3.8) is 0 Å². The smallest absolute Gasteiger partial charge is 0.109 e. The van der Waals surface area contributed by atoms with Crippen LogP contribution in [-0.2, 0) is 13.0 Å². The molecule has 1 aliphatic rings. The number of imidazole rings is 1. The maximum Gasteiger partial charge on any atom is 0.109 e. The molecule has 0 atom stereocenters. The number of benzene rings is 1. The largest absolute Gasteiger partial charge is 0.334 e. The number of aryl methyl sites for hydroxylation is 2. The van der Waals surface area contributed by atoms with Crippen molar-refractivity contribution >= 4 is 28.3 Å². The molecule has 3 rings (SSSR count). The SMILES string of the molecule is Brc1cccc(-c2cn3c(n2)CCCCC3)c1.Cl. The first-order chi connectivity index (χ1) is 8.33. The fraction of sp³-hybridized carbons (Fsp3) is 0.357. The van der Waals surface area contributed by atoms with Crippen LogP contribution in [0.3, 0.4) is 0 Å². The van der Waals surface area contributed by atoms with Crippen LogP contribution >= 0.6 is 28.3 Å². The summed E-state index contributed by atoms with van der Waals surface area (Å²) < 4.78 is 3.43. The van der Waals surface area contributed by atoms with Gasteiger partial charge in [0.1, 0.15) is 5.82 Å². The van der Waals surface area contributed by atoms with E-state index < -0.39 is 0 Å². The second kappa shape index (κ2) is 5.89.